The van der Waals surface area contributed by atoms with Gasteiger partial charge in [-0.15, -0.1) is 0 Å². The number of hydrogen-bond donors (Lipinski definition) is 1. The smallest absolute Gasteiger partial charge is 0.326 e. The van der Waals surface area contributed by atoms with E-state index in [-0.39, 0.29) is 17.5 Å². The summed E-state index contributed by atoms with van der Waals surface area (Å²) in [5.74, 6) is 0. The molecule has 1 aliphatic carbocycles. The van der Waals surface area contributed by atoms with Crippen LogP contribution in [-0.4, -0.2) is 36.2 Å². The Balaban J connectivity index is 2.72. The summed E-state index contributed by atoms with van der Waals surface area (Å²) in [4.78, 5) is 1.48. The zero-order chi connectivity index (χ0) is 13.3. The lowest BCUT2D eigenvalue weighted by Gasteiger charge is -2.44. The maximum absolute atomic E-state index is 12.5. The Hall–Kier alpha value is -0.290. The van der Waals surface area contributed by atoms with Gasteiger partial charge in [0, 0.05) is 12.1 Å². The normalized spacial score (nSPS) is 29.6. The summed E-state index contributed by atoms with van der Waals surface area (Å²) in [5.41, 5.74) is 6.08. The second-order valence-corrected chi connectivity index (χ2v) is 5.82. The van der Waals surface area contributed by atoms with E-state index in [1.165, 1.54) is 4.90 Å². The van der Waals surface area contributed by atoms with Gasteiger partial charge in [-0.2, -0.15) is 13.2 Å². The van der Waals surface area contributed by atoms with Gasteiger partial charge >= 0.3 is 6.18 Å². The lowest BCUT2D eigenvalue weighted by Crippen LogP contribution is -2.54. The second kappa shape index (κ2) is 5.14. The monoisotopic (exact) mass is 252 g/mol. The van der Waals surface area contributed by atoms with Crippen LogP contribution in [0.2, 0.25) is 0 Å². The van der Waals surface area contributed by atoms with Crippen molar-refractivity contribution in [3.63, 3.8) is 0 Å². The summed E-state index contributed by atoms with van der Waals surface area (Å²) in [6, 6.07) is -0.282. The average Bonchev–Trinajstić information content (AvgIpc) is 2.17. The van der Waals surface area contributed by atoms with Gasteiger partial charge < -0.3 is 5.73 Å². The molecule has 1 aliphatic rings. The fourth-order valence-corrected chi connectivity index (χ4v) is 2.66. The summed E-state index contributed by atoms with van der Waals surface area (Å²) < 4.78 is 37.5. The van der Waals surface area contributed by atoms with Gasteiger partial charge in [-0.25, -0.2) is 0 Å². The van der Waals surface area contributed by atoms with Crippen LogP contribution in [0.1, 0.15) is 40.0 Å². The molecule has 0 spiro atoms. The molecule has 0 aromatic carbocycles. The molecule has 17 heavy (non-hydrogen) atoms. The number of halogens is 3. The lowest BCUT2D eigenvalue weighted by molar-refractivity contribution is -0.154. The molecule has 1 rings (SSSR count). The molecular weight excluding hydrogens is 229 g/mol. The quantitative estimate of drug-likeness (QED) is 0.837. The Morgan fingerprint density at radius 1 is 1.35 bits per heavy atom. The standard InChI is InChI=1S/C12H23F3N2/c1-4-17(8-12(13,14)15)10-7-11(2,3)6-5-9(10)16/h9-10H,4-8,16H2,1-3H3. The van der Waals surface area contributed by atoms with E-state index in [0.717, 1.165) is 19.3 Å². The highest BCUT2D eigenvalue weighted by molar-refractivity contribution is 4.93. The van der Waals surface area contributed by atoms with E-state index in [0.29, 0.717) is 6.54 Å². The van der Waals surface area contributed by atoms with Crippen LogP contribution in [0.4, 0.5) is 13.2 Å². The Morgan fingerprint density at radius 3 is 2.41 bits per heavy atom. The molecule has 0 saturated heterocycles. The first kappa shape index (κ1) is 14.8. The van der Waals surface area contributed by atoms with Gasteiger partial charge in [0.25, 0.3) is 0 Å². The largest absolute Gasteiger partial charge is 0.401 e. The highest BCUT2D eigenvalue weighted by Crippen LogP contribution is 2.37. The minimum atomic E-state index is -4.14. The van der Waals surface area contributed by atoms with E-state index >= 15 is 0 Å². The predicted octanol–water partition coefficient (Wildman–Crippen LogP) is 2.78. The van der Waals surface area contributed by atoms with Gasteiger partial charge in [-0.05, 0) is 31.2 Å². The molecule has 0 heterocycles. The third-order valence-corrected chi connectivity index (χ3v) is 3.67. The van der Waals surface area contributed by atoms with Gasteiger partial charge in [0.15, 0.2) is 0 Å². The van der Waals surface area contributed by atoms with Crippen LogP contribution >= 0.6 is 0 Å². The van der Waals surface area contributed by atoms with Crippen LogP contribution in [0.25, 0.3) is 0 Å². The molecule has 2 unspecified atom stereocenters. The molecule has 102 valence electrons. The predicted molar refractivity (Wildman–Crippen MR) is 62.7 cm³/mol. The van der Waals surface area contributed by atoms with Crippen molar-refractivity contribution in [2.45, 2.75) is 58.3 Å². The van der Waals surface area contributed by atoms with E-state index in [9.17, 15) is 13.2 Å². The molecule has 2 atom stereocenters. The zero-order valence-electron chi connectivity index (χ0n) is 10.8. The van der Waals surface area contributed by atoms with Gasteiger partial charge in [-0.3, -0.25) is 4.90 Å². The van der Waals surface area contributed by atoms with Crippen molar-refractivity contribution >= 4 is 0 Å². The zero-order valence-corrected chi connectivity index (χ0v) is 10.8. The highest BCUT2D eigenvalue weighted by atomic mass is 19.4. The van der Waals surface area contributed by atoms with Gasteiger partial charge in [0.1, 0.15) is 0 Å². The highest BCUT2D eigenvalue weighted by Gasteiger charge is 2.40. The third kappa shape index (κ3) is 4.47. The molecule has 0 aromatic rings. The number of nitrogens with two attached hydrogens (primary N) is 1. The molecule has 5 heteroatoms. The van der Waals surface area contributed by atoms with Crippen molar-refractivity contribution in [1.29, 1.82) is 0 Å². The minimum Gasteiger partial charge on any atom is -0.326 e. The summed E-state index contributed by atoms with van der Waals surface area (Å²) >= 11 is 0. The molecule has 0 aromatic heterocycles. The fourth-order valence-electron chi connectivity index (χ4n) is 2.66. The van der Waals surface area contributed by atoms with Crippen LogP contribution in [0.3, 0.4) is 0 Å². The van der Waals surface area contributed by atoms with Gasteiger partial charge in [-0.1, -0.05) is 20.8 Å². The van der Waals surface area contributed by atoms with Crippen LogP contribution in [-0.2, 0) is 0 Å². The maximum Gasteiger partial charge on any atom is 0.401 e. The molecule has 0 amide bonds. The Labute approximate surface area is 101 Å². The number of nitrogens with zero attached hydrogens (tertiary/aromatic N) is 1. The maximum atomic E-state index is 12.5. The first-order valence-corrected chi connectivity index (χ1v) is 6.21. The summed E-state index contributed by atoms with van der Waals surface area (Å²) in [5, 5.41) is 0. The third-order valence-electron chi connectivity index (χ3n) is 3.67. The Kier molecular flexibility index (Phi) is 4.47. The number of alkyl halides is 3. The molecule has 0 radical (unpaired) electrons. The molecule has 0 aliphatic heterocycles. The first-order chi connectivity index (χ1) is 7.64. The first-order valence-electron chi connectivity index (χ1n) is 6.21. The second-order valence-electron chi connectivity index (χ2n) is 5.82. The van der Waals surface area contributed by atoms with Crippen molar-refractivity contribution in [2.75, 3.05) is 13.1 Å². The molecule has 1 fully saturated rings. The van der Waals surface area contributed by atoms with E-state index < -0.39 is 12.7 Å². The SMILES string of the molecule is CCN(CC(F)(F)F)C1CC(C)(C)CCC1N. The van der Waals surface area contributed by atoms with E-state index in [2.05, 4.69) is 13.8 Å². The molecular formula is C12H23F3N2. The molecule has 1 saturated carbocycles. The van der Waals surface area contributed by atoms with Crippen molar-refractivity contribution < 1.29 is 13.2 Å². The molecule has 2 N–H and O–H groups in total. The summed E-state index contributed by atoms with van der Waals surface area (Å²) in [6.07, 6.45) is -1.59. The van der Waals surface area contributed by atoms with Crippen molar-refractivity contribution in [3.05, 3.63) is 0 Å². The molecule has 0 bridgehead atoms. The summed E-state index contributed by atoms with van der Waals surface area (Å²) in [7, 11) is 0. The topological polar surface area (TPSA) is 29.3 Å². The van der Waals surface area contributed by atoms with Gasteiger partial charge in [0.05, 0.1) is 6.54 Å². The van der Waals surface area contributed by atoms with E-state index in [4.69, 9.17) is 5.73 Å². The molecule has 2 nitrogen and oxygen atoms in total. The van der Waals surface area contributed by atoms with E-state index in [1.807, 2.05) is 0 Å². The van der Waals surface area contributed by atoms with Crippen molar-refractivity contribution in [2.24, 2.45) is 11.1 Å². The van der Waals surface area contributed by atoms with Crippen LogP contribution < -0.4 is 5.73 Å². The van der Waals surface area contributed by atoms with Crippen molar-refractivity contribution in [1.82, 2.24) is 4.90 Å². The van der Waals surface area contributed by atoms with Crippen LogP contribution in [0.15, 0.2) is 0 Å². The van der Waals surface area contributed by atoms with Crippen LogP contribution in [0.5, 0.6) is 0 Å². The van der Waals surface area contributed by atoms with Gasteiger partial charge in [0.2, 0.25) is 0 Å². The minimum absolute atomic E-state index is 0.0968. The number of likely N-dealkylation sites (N-methyl/N-ethyl adjacent to an activating group) is 1. The average molecular weight is 252 g/mol. The Bertz CT molecular complexity index is 251. The van der Waals surface area contributed by atoms with E-state index in [1.54, 1.807) is 6.92 Å². The lowest BCUT2D eigenvalue weighted by atomic mass is 9.72. The Morgan fingerprint density at radius 2 is 1.94 bits per heavy atom. The number of hydrogen-bond acceptors (Lipinski definition) is 2. The van der Waals surface area contributed by atoms with Crippen LogP contribution in [0, 0.1) is 5.41 Å². The summed E-state index contributed by atoms with van der Waals surface area (Å²) in [6.45, 7) is 5.52. The number of rotatable bonds is 3. The fraction of sp³-hybridized carbons (Fsp3) is 1.00. The van der Waals surface area contributed by atoms with Crippen molar-refractivity contribution in [3.8, 4) is 0 Å².